The summed E-state index contributed by atoms with van der Waals surface area (Å²) in [5.74, 6) is -1.56. The lowest BCUT2D eigenvalue weighted by atomic mass is 10.2. The Morgan fingerprint density at radius 2 is 1.71 bits per heavy atom. The Morgan fingerprint density at radius 3 is 2.32 bits per heavy atom. The second-order valence-electron chi connectivity index (χ2n) is 5.73. The summed E-state index contributed by atoms with van der Waals surface area (Å²) in [6.45, 7) is 1.75. The molecule has 5 nitrogen and oxygen atoms in total. The SMILES string of the molecule is C[C@@H](OC(=O)/C=C/c1ccc(OC(F)(F)F)cc1)C(=O)NCc1ccccc1. The highest BCUT2D eigenvalue weighted by Crippen LogP contribution is 2.23. The average molecular weight is 393 g/mol. The maximum Gasteiger partial charge on any atom is 0.573 e. The molecular formula is C20H18F3NO4. The minimum atomic E-state index is -4.77. The van der Waals surface area contributed by atoms with Gasteiger partial charge in [-0.25, -0.2) is 4.79 Å². The normalized spacial score (nSPS) is 12.4. The third-order valence-corrected chi connectivity index (χ3v) is 3.50. The van der Waals surface area contributed by atoms with E-state index in [-0.39, 0.29) is 5.75 Å². The van der Waals surface area contributed by atoms with Crippen LogP contribution in [-0.2, 0) is 20.9 Å². The van der Waals surface area contributed by atoms with Crippen molar-refractivity contribution in [2.75, 3.05) is 0 Å². The maximum atomic E-state index is 12.1. The fourth-order valence-corrected chi connectivity index (χ4v) is 2.14. The largest absolute Gasteiger partial charge is 0.573 e. The molecule has 28 heavy (non-hydrogen) atoms. The van der Waals surface area contributed by atoms with Gasteiger partial charge in [0.05, 0.1) is 0 Å². The van der Waals surface area contributed by atoms with E-state index < -0.39 is 24.3 Å². The number of hydrogen-bond acceptors (Lipinski definition) is 4. The summed E-state index contributed by atoms with van der Waals surface area (Å²) in [7, 11) is 0. The molecule has 0 heterocycles. The molecule has 2 aromatic rings. The van der Waals surface area contributed by atoms with E-state index in [1.807, 2.05) is 30.3 Å². The summed E-state index contributed by atoms with van der Waals surface area (Å²) in [6.07, 6.45) is -3.32. The van der Waals surface area contributed by atoms with E-state index in [9.17, 15) is 22.8 Å². The van der Waals surface area contributed by atoms with Crippen LogP contribution in [0.1, 0.15) is 18.1 Å². The number of esters is 1. The second-order valence-corrected chi connectivity index (χ2v) is 5.73. The summed E-state index contributed by atoms with van der Waals surface area (Å²) in [6, 6.07) is 14.2. The van der Waals surface area contributed by atoms with Crippen molar-refractivity contribution < 1.29 is 32.2 Å². The van der Waals surface area contributed by atoms with Crippen molar-refractivity contribution in [1.29, 1.82) is 0 Å². The minimum absolute atomic E-state index is 0.309. The van der Waals surface area contributed by atoms with E-state index in [1.165, 1.54) is 25.1 Å². The van der Waals surface area contributed by atoms with Gasteiger partial charge in [0.2, 0.25) is 0 Å². The number of carbonyl (C=O) groups excluding carboxylic acids is 2. The van der Waals surface area contributed by atoms with Gasteiger partial charge < -0.3 is 14.8 Å². The predicted molar refractivity (Wildman–Crippen MR) is 96.0 cm³/mol. The maximum absolute atomic E-state index is 12.1. The van der Waals surface area contributed by atoms with Crippen molar-refractivity contribution in [2.45, 2.75) is 25.9 Å². The zero-order chi connectivity index (χ0) is 20.6. The topological polar surface area (TPSA) is 64.6 Å². The first-order valence-electron chi connectivity index (χ1n) is 8.29. The van der Waals surface area contributed by atoms with E-state index in [0.717, 1.165) is 23.8 Å². The van der Waals surface area contributed by atoms with E-state index in [2.05, 4.69) is 10.1 Å². The van der Waals surface area contributed by atoms with E-state index in [4.69, 9.17) is 4.74 Å². The van der Waals surface area contributed by atoms with Crippen LogP contribution in [0.4, 0.5) is 13.2 Å². The van der Waals surface area contributed by atoms with Gasteiger partial charge in [-0.3, -0.25) is 4.79 Å². The first-order chi connectivity index (χ1) is 13.2. The summed E-state index contributed by atoms with van der Waals surface area (Å²) in [5.41, 5.74) is 1.37. The van der Waals surface area contributed by atoms with Crippen molar-refractivity contribution in [3.05, 3.63) is 71.8 Å². The summed E-state index contributed by atoms with van der Waals surface area (Å²) in [4.78, 5) is 23.8. The average Bonchev–Trinajstić information content (AvgIpc) is 2.65. The zero-order valence-corrected chi connectivity index (χ0v) is 14.9. The Hall–Kier alpha value is -3.29. The highest BCUT2D eigenvalue weighted by molar-refractivity contribution is 5.90. The number of ether oxygens (including phenoxy) is 2. The van der Waals surface area contributed by atoms with Crippen molar-refractivity contribution >= 4 is 18.0 Å². The Balaban J connectivity index is 1.81. The number of carbonyl (C=O) groups is 2. The number of rotatable bonds is 7. The van der Waals surface area contributed by atoms with Gasteiger partial charge in [0.1, 0.15) is 5.75 Å². The van der Waals surface area contributed by atoms with E-state index >= 15 is 0 Å². The number of nitrogens with one attached hydrogen (secondary N) is 1. The molecule has 0 aliphatic heterocycles. The molecule has 0 saturated heterocycles. The van der Waals surface area contributed by atoms with Gasteiger partial charge in [0.25, 0.3) is 5.91 Å². The Morgan fingerprint density at radius 1 is 1.07 bits per heavy atom. The van der Waals surface area contributed by atoms with E-state index in [0.29, 0.717) is 12.1 Å². The highest BCUT2D eigenvalue weighted by Gasteiger charge is 2.30. The second kappa shape index (κ2) is 9.59. The third-order valence-electron chi connectivity index (χ3n) is 3.50. The minimum Gasteiger partial charge on any atom is -0.449 e. The van der Waals surface area contributed by atoms with Gasteiger partial charge in [0.15, 0.2) is 6.10 Å². The number of amides is 1. The molecule has 8 heteroatoms. The Labute approximate surface area is 159 Å². The standard InChI is InChI=1S/C20H18F3NO4/c1-14(19(26)24-13-16-5-3-2-4-6-16)27-18(25)12-9-15-7-10-17(11-8-15)28-20(21,22)23/h2-12,14H,13H2,1H3,(H,24,26)/b12-9+/t14-/m1/s1. The van der Waals surface area contributed by atoms with Crippen LogP contribution < -0.4 is 10.1 Å². The Bertz CT molecular complexity index is 818. The molecule has 2 rings (SSSR count). The zero-order valence-electron chi connectivity index (χ0n) is 14.9. The number of hydrogen-bond donors (Lipinski definition) is 1. The molecule has 2 aromatic carbocycles. The van der Waals surface area contributed by atoms with Crippen molar-refractivity contribution in [3.8, 4) is 5.75 Å². The molecule has 1 N–H and O–H groups in total. The fraction of sp³-hybridized carbons (Fsp3) is 0.200. The van der Waals surface area contributed by atoms with Gasteiger partial charge in [-0.05, 0) is 36.3 Å². The summed E-state index contributed by atoms with van der Waals surface area (Å²) >= 11 is 0. The van der Waals surface area contributed by atoms with Crippen LogP contribution >= 0.6 is 0 Å². The lowest BCUT2D eigenvalue weighted by molar-refractivity contribution is -0.274. The van der Waals surface area contributed by atoms with Crippen molar-refractivity contribution in [1.82, 2.24) is 5.32 Å². The first-order valence-corrected chi connectivity index (χ1v) is 8.29. The molecule has 0 saturated carbocycles. The molecule has 1 atom stereocenters. The van der Waals surface area contributed by atoms with Crippen LogP contribution in [0.25, 0.3) is 6.08 Å². The number of halogens is 3. The highest BCUT2D eigenvalue weighted by atomic mass is 19.4. The third kappa shape index (κ3) is 7.53. The lowest BCUT2D eigenvalue weighted by Gasteiger charge is -2.12. The van der Waals surface area contributed by atoms with Gasteiger partial charge in [0, 0.05) is 12.6 Å². The molecular weight excluding hydrogens is 375 g/mol. The van der Waals surface area contributed by atoms with Crippen molar-refractivity contribution in [3.63, 3.8) is 0 Å². The van der Waals surface area contributed by atoms with Gasteiger partial charge in [-0.1, -0.05) is 42.5 Å². The molecule has 0 aliphatic rings. The number of alkyl halides is 3. The molecule has 0 aliphatic carbocycles. The summed E-state index contributed by atoms with van der Waals surface area (Å²) < 4.78 is 45.1. The van der Waals surface area contributed by atoms with Gasteiger partial charge >= 0.3 is 12.3 Å². The smallest absolute Gasteiger partial charge is 0.449 e. The fourth-order valence-electron chi connectivity index (χ4n) is 2.14. The van der Waals surface area contributed by atoms with Crippen LogP contribution in [0, 0.1) is 0 Å². The molecule has 0 fully saturated rings. The lowest BCUT2D eigenvalue weighted by Crippen LogP contribution is -2.35. The monoisotopic (exact) mass is 393 g/mol. The molecule has 0 aromatic heterocycles. The number of benzene rings is 2. The van der Waals surface area contributed by atoms with E-state index in [1.54, 1.807) is 0 Å². The molecule has 0 spiro atoms. The van der Waals surface area contributed by atoms with Crippen LogP contribution in [-0.4, -0.2) is 24.3 Å². The van der Waals surface area contributed by atoms with Crippen LogP contribution in [0.2, 0.25) is 0 Å². The first kappa shape index (κ1) is 21.0. The quantitative estimate of drug-likeness (QED) is 0.573. The molecule has 148 valence electrons. The predicted octanol–water partition coefficient (Wildman–Crippen LogP) is 3.85. The molecule has 0 unspecified atom stereocenters. The van der Waals surface area contributed by atoms with Crippen molar-refractivity contribution in [2.24, 2.45) is 0 Å². The van der Waals surface area contributed by atoms with Crippen LogP contribution in [0.15, 0.2) is 60.7 Å². The molecule has 1 amide bonds. The molecule has 0 bridgehead atoms. The summed E-state index contributed by atoms with van der Waals surface area (Å²) in [5, 5.41) is 2.66. The van der Waals surface area contributed by atoms with Gasteiger partial charge in [-0.15, -0.1) is 13.2 Å². The van der Waals surface area contributed by atoms with Crippen LogP contribution in [0.3, 0.4) is 0 Å². The Kier molecular flexibility index (Phi) is 7.20. The molecule has 0 radical (unpaired) electrons. The van der Waals surface area contributed by atoms with Crippen LogP contribution in [0.5, 0.6) is 5.75 Å². The van der Waals surface area contributed by atoms with Gasteiger partial charge in [-0.2, -0.15) is 0 Å².